The van der Waals surface area contributed by atoms with Gasteiger partial charge in [0.15, 0.2) is 12.6 Å². The fourth-order valence-electron chi connectivity index (χ4n) is 3.69. The van der Waals surface area contributed by atoms with Gasteiger partial charge in [-0.2, -0.15) is 0 Å². The molecule has 1 aromatic carbocycles. The molecule has 0 radical (unpaired) electrons. The van der Waals surface area contributed by atoms with E-state index in [-0.39, 0.29) is 18.5 Å². The first-order valence-electron chi connectivity index (χ1n) is 10.6. The van der Waals surface area contributed by atoms with E-state index < -0.39 is 61.9 Å². The second kappa shape index (κ2) is 11.2. The van der Waals surface area contributed by atoms with Gasteiger partial charge in [-0.1, -0.05) is 12.1 Å². The molecule has 0 bridgehead atoms. The quantitative estimate of drug-likeness (QED) is 0.217. The van der Waals surface area contributed by atoms with E-state index in [0.717, 1.165) is 5.56 Å². The summed E-state index contributed by atoms with van der Waals surface area (Å²) in [5, 5.41) is 68.9. The van der Waals surface area contributed by atoms with E-state index in [1.165, 1.54) is 0 Å². The zero-order chi connectivity index (χ0) is 23.4. The maximum Gasteiger partial charge on any atom is 0.186 e. The molecule has 2 heterocycles. The SMILES string of the molecule is C[C@H](CCc1ccc(O)cc1)O[C@H]1O[C@H](CO[C@H]2O[C@H](CO)[C@H](O)[C@H]2O)[C@@H](O)[C@H](O)[C@H]1O. The Morgan fingerprint density at radius 2 is 1.44 bits per heavy atom. The smallest absolute Gasteiger partial charge is 0.186 e. The van der Waals surface area contributed by atoms with Crippen LogP contribution < -0.4 is 0 Å². The molecule has 182 valence electrons. The average molecular weight is 460 g/mol. The largest absolute Gasteiger partial charge is 0.508 e. The average Bonchev–Trinajstić information content (AvgIpc) is 3.06. The highest BCUT2D eigenvalue weighted by atomic mass is 16.7. The Morgan fingerprint density at radius 1 is 0.844 bits per heavy atom. The zero-order valence-corrected chi connectivity index (χ0v) is 17.7. The summed E-state index contributed by atoms with van der Waals surface area (Å²) in [4.78, 5) is 0. The van der Waals surface area contributed by atoms with E-state index in [1.54, 1.807) is 31.2 Å². The Kier molecular flexibility index (Phi) is 8.81. The maximum absolute atomic E-state index is 10.3. The minimum absolute atomic E-state index is 0.175. The number of aliphatic hydroxyl groups is 6. The summed E-state index contributed by atoms with van der Waals surface area (Å²) in [6, 6.07) is 6.76. The van der Waals surface area contributed by atoms with Gasteiger partial charge in [-0.25, -0.2) is 0 Å². The number of rotatable bonds is 9. The first-order chi connectivity index (χ1) is 15.2. The number of aromatic hydroxyl groups is 1. The third kappa shape index (κ3) is 5.94. The van der Waals surface area contributed by atoms with Crippen LogP contribution in [0.1, 0.15) is 18.9 Å². The van der Waals surface area contributed by atoms with Crippen LogP contribution in [-0.2, 0) is 25.4 Å². The van der Waals surface area contributed by atoms with Crippen LogP contribution in [0.25, 0.3) is 0 Å². The van der Waals surface area contributed by atoms with Crippen molar-refractivity contribution in [2.24, 2.45) is 0 Å². The molecule has 11 nitrogen and oxygen atoms in total. The molecule has 2 aliphatic rings. The third-order valence-corrected chi connectivity index (χ3v) is 5.73. The van der Waals surface area contributed by atoms with Gasteiger partial charge in [0.05, 0.1) is 19.3 Å². The van der Waals surface area contributed by atoms with Crippen LogP contribution in [0.15, 0.2) is 24.3 Å². The van der Waals surface area contributed by atoms with Crippen LogP contribution in [0.2, 0.25) is 0 Å². The molecule has 2 saturated heterocycles. The van der Waals surface area contributed by atoms with Crippen LogP contribution in [0.4, 0.5) is 0 Å². The third-order valence-electron chi connectivity index (χ3n) is 5.73. The second-order valence-electron chi connectivity index (χ2n) is 8.21. The summed E-state index contributed by atoms with van der Waals surface area (Å²) in [5.41, 5.74) is 0.989. The Morgan fingerprint density at radius 3 is 2.06 bits per heavy atom. The number of phenols is 1. The minimum atomic E-state index is -1.56. The highest BCUT2D eigenvalue weighted by molar-refractivity contribution is 5.25. The van der Waals surface area contributed by atoms with E-state index in [2.05, 4.69) is 0 Å². The summed E-state index contributed by atoms with van der Waals surface area (Å²) >= 11 is 0. The number of benzene rings is 1. The molecule has 32 heavy (non-hydrogen) atoms. The molecule has 0 unspecified atom stereocenters. The maximum atomic E-state index is 10.3. The van der Waals surface area contributed by atoms with Crippen molar-refractivity contribution in [2.75, 3.05) is 13.2 Å². The standard InChI is InChI=1S/C21H32O11/c1-10(2-3-11-4-6-12(23)7-5-11)30-21-19(28)17(26)16(25)14(32-21)9-29-20-18(27)15(24)13(8-22)31-20/h4-7,10,13-28H,2-3,8-9H2,1H3/t10-,13-,14-,15+,16-,17+,18-,19-,20+,21+/m1/s1. The molecule has 11 heteroatoms. The summed E-state index contributed by atoms with van der Waals surface area (Å²) in [6.07, 6.45) is -11.0. The van der Waals surface area contributed by atoms with Gasteiger partial charge >= 0.3 is 0 Å². The molecule has 7 N–H and O–H groups in total. The van der Waals surface area contributed by atoms with Gasteiger partial charge in [0, 0.05) is 0 Å². The number of phenolic OH excluding ortho intramolecular Hbond substituents is 1. The fraction of sp³-hybridized carbons (Fsp3) is 0.714. The first-order valence-corrected chi connectivity index (χ1v) is 10.6. The summed E-state index contributed by atoms with van der Waals surface area (Å²) < 4.78 is 21.9. The monoisotopic (exact) mass is 460 g/mol. The minimum Gasteiger partial charge on any atom is -0.508 e. The van der Waals surface area contributed by atoms with Crippen LogP contribution in [0.5, 0.6) is 5.75 Å². The van der Waals surface area contributed by atoms with Crippen molar-refractivity contribution >= 4 is 0 Å². The molecular weight excluding hydrogens is 428 g/mol. The number of hydrogen-bond donors (Lipinski definition) is 7. The van der Waals surface area contributed by atoms with Gasteiger partial charge in [0.25, 0.3) is 0 Å². The van der Waals surface area contributed by atoms with Crippen LogP contribution in [-0.4, -0.2) is 110 Å². The molecule has 0 amide bonds. The number of hydrogen-bond acceptors (Lipinski definition) is 11. The first kappa shape index (κ1) is 25.2. The van der Waals surface area contributed by atoms with Crippen LogP contribution in [0, 0.1) is 0 Å². The van der Waals surface area contributed by atoms with E-state index >= 15 is 0 Å². The lowest BCUT2D eigenvalue weighted by molar-refractivity contribution is -0.318. The number of aliphatic hydroxyl groups excluding tert-OH is 6. The topological polar surface area (TPSA) is 179 Å². The predicted octanol–water partition coefficient (Wildman–Crippen LogP) is -2.01. The molecule has 0 aromatic heterocycles. The van der Waals surface area contributed by atoms with E-state index in [4.69, 9.17) is 24.1 Å². The van der Waals surface area contributed by atoms with Crippen molar-refractivity contribution in [2.45, 2.75) is 81.2 Å². The lowest BCUT2D eigenvalue weighted by Gasteiger charge is -2.41. The molecule has 1 aromatic rings. The summed E-state index contributed by atoms with van der Waals surface area (Å²) in [7, 11) is 0. The highest BCUT2D eigenvalue weighted by Gasteiger charge is 2.47. The van der Waals surface area contributed by atoms with Gasteiger partial charge in [-0.15, -0.1) is 0 Å². The molecule has 0 aliphatic carbocycles. The van der Waals surface area contributed by atoms with Crippen molar-refractivity contribution in [3.05, 3.63) is 29.8 Å². The molecule has 10 atom stereocenters. The predicted molar refractivity (Wildman–Crippen MR) is 107 cm³/mol. The second-order valence-corrected chi connectivity index (χ2v) is 8.21. The summed E-state index contributed by atoms with van der Waals surface area (Å²) in [6.45, 7) is 0.932. The number of aryl methyl sites for hydroxylation is 1. The Balaban J connectivity index is 1.52. The van der Waals surface area contributed by atoms with Crippen molar-refractivity contribution in [3.63, 3.8) is 0 Å². The van der Waals surface area contributed by atoms with E-state index in [1.807, 2.05) is 0 Å². The van der Waals surface area contributed by atoms with Gasteiger partial charge in [0.2, 0.25) is 0 Å². The van der Waals surface area contributed by atoms with Gasteiger partial charge in [-0.3, -0.25) is 0 Å². The molecule has 2 fully saturated rings. The Hall–Kier alpha value is -1.38. The van der Waals surface area contributed by atoms with E-state index in [0.29, 0.717) is 12.8 Å². The van der Waals surface area contributed by atoms with Gasteiger partial charge in [0.1, 0.15) is 48.5 Å². The Labute approximate surface area is 185 Å². The molecular formula is C21H32O11. The van der Waals surface area contributed by atoms with Gasteiger partial charge in [-0.05, 0) is 37.5 Å². The van der Waals surface area contributed by atoms with Crippen molar-refractivity contribution in [1.29, 1.82) is 0 Å². The van der Waals surface area contributed by atoms with Crippen LogP contribution in [0.3, 0.4) is 0 Å². The van der Waals surface area contributed by atoms with Crippen molar-refractivity contribution in [1.82, 2.24) is 0 Å². The normalized spacial score (nSPS) is 38.7. The van der Waals surface area contributed by atoms with Crippen molar-refractivity contribution < 1.29 is 54.7 Å². The highest BCUT2D eigenvalue weighted by Crippen LogP contribution is 2.27. The molecule has 3 rings (SSSR count). The lowest BCUT2D eigenvalue weighted by Crippen LogP contribution is -2.60. The molecule has 0 saturated carbocycles. The molecule has 2 aliphatic heterocycles. The van der Waals surface area contributed by atoms with Crippen molar-refractivity contribution in [3.8, 4) is 5.75 Å². The number of ether oxygens (including phenoxy) is 4. The molecule has 0 spiro atoms. The fourth-order valence-corrected chi connectivity index (χ4v) is 3.69. The Bertz CT molecular complexity index is 701. The van der Waals surface area contributed by atoms with E-state index in [9.17, 15) is 30.6 Å². The van der Waals surface area contributed by atoms with Crippen LogP contribution >= 0.6 is 0 Å². The van der Waals surface area contributed by atoms with Gasteiger partial charge < -0.3 is 54.7 Å². The lowest BCUT2D eigenvalue weighted by atomic mass is 9.99. The zero-order valence-electron chi connectivity index (χ0n) is 17.7. The summed E-state index contributed by atoms with van der Waals surface area (Å²) in [5.74, 6) is 0.175.